The van der Waals surface area contributed by atoms with Crippen molar-refractivity contribution in [3.63, 3.8) is 0 Å². The van der Waals surface area contributed by atoms with Gasteiger partial charge in [-0.05, 0) is 29.0 Å². The lowest BCUT2D eigenvalue weighted by atomic mass is 10.3. The Hall–Kier alpha value is -1.89. The maximum atomic E-state index is 11.2. The Labute approximate surface area is 109 Å². The summed E-state index contributed by atoms with van der Waals surface area (Å²) in [6, 6.07) is 9.50. The van der Waals surface area contributed by atoms with E-state index >= 15 is 0 Å². The molecular weight excluding hydrogens is 250 g/mol. The van der Waals surface area contributed by atoms with E-state index in [9.17, 15) is 4.79 Å². The van der Waals surface area contributed by atoms with E-state index in [1.54, 1.807) is 4.68 Å². The van der Waals surface area contributed by atoms with Gasteiger partial charge in [0.25, 0.3) is 0 Å². The number of aromatic nitrogens is 4. The summed E-state index contributed by atoms with van der Waals surface area (Å²) < 4.78 is 1.59. The maximum Gasteiger partial charge on any atom is 0.231 e. The molecule has 2 aromatic rings. The van der Waals surface area contributed by atoms with Gasteiger partial charge in [0.15, 0.2) is 0 Å². The average Bonchev–Trinajstić information content (AvgIpc) is 2.84. The van der Waals surface area contributed by atoms with E-state index in [2.05, 4.69) is 15.5 Å². The number of benzene rings is 1. The molecule has 1 aromatic carbocycles. The first-order valence-electron chi connectivity index (χ1n) is 5.52. The number of thioether (sulfide) groups is 1. The van der Waals surface area contributed by atoms with Crippen LogP contribution in [0.5, 0.6) is 0 Å². The molecule has 0 aliphatic rings. The lowest BCUT2D eigenvalue weighted by molar-refractivity contribution is -0.117. The molecule has 0 bridgehead atoms. The number of para-hydroxylation sites is 1. The lowest BCUT2D eigenvalue weighted by Gasteiger charge is -2.09. The molecule has 0 aliphatic carbocycles. The summed E-state index contributed by atoms with van der Waals surface area (Å²) in [5, 5.41) is 11.7. The number of tetrazole rings is 1. The molecule has 1 amide bonds. The standard InChI is InChI=1S/C11H13N5OS/c1-2-9(10(12)17)18-11-13-14-15-16(11)8-6-4-3-5-7-8/h3-7,9H,2H2,1H3,(H2,12,17). The van der Waals surface area contributed by atoms with E-state index in [-0.39, 0.29) is 11.2 Å². The molecule has 7 heteroatoms. The van der Waals surface area contributed by atoms with Gasteiger partial charge in [-0.3, -0.25) is 4.79 Å². The van der Waals surface area contributed by atoms with E-state index in [4.69, 9.17) is 5.73 Å². The summed E-state index contributed by atoms with van der Waals surface area (Å²) in [6.45, 7) is 1.90. The predicted molar refractivity (Wildman–Crippen MR) is 68.3 cm³/mol. The number of carbonyl (C=O) groups is 1. The van der Waals surface area contributed by atoms with Crippen LogP contribution in [0.2, 0.25) is 0 Å². The van der Waals surface area contributed by atoms with Gasteiger partial charge in [0.1, 0.15) is 0 Å². The van der Waals surface area contributed by atoms with Gasteiger partial charge < -0.3 is 5.73 Å². The fourth-order valence-electron chi connectivity index (χ4n) is 1.45. The maximum absolute atomic E-state index is 11.2. The number of rotatable bonds is 5. The van der Waals surface area contributed by atoms with Gasteiger partial charge in [-0.25, -0.2) is 0 Å². The molecule has 1 atom stereocenters. The number of amides is 1. The average molecular weight is 263 g/mol. The van der Waals surface area contributed by atoms with Crippen LogP contribution in [0.4, 0.5) is 0 Å². The summed E-state index contributed by atoms with van der Waals surface area (Å²) in [6.07, 6.45) is 0.641. The van der Waals surface area contributed by atoms with Crippen molar-refractivity contribution in [2.45, 2.75) is 23.8 Å². The smallest absolute Gasteiger partial charge is 0.231 e. The van der Waals surface area contributed by atoms with Crippen LogP contribution in [0.25, 0.3) is 5.69 Å². The SMILES string of the molecule is CCC(Sc1nnnn1-c1ccccc1)C(N)=O. The van der Waals surface area contributed by atoms with Gasteiger partial charge in [0.2, 0.25) is 11.1 Å². The molecular formula is C11H13N5OS. The van der Waals surface area contributed by atoms with Crippen LogP contribution in [0.15, 0.2) is 35.5 Å². The van der Waals surface area contributed by atoms with E-state index < -0.39 is 0 Å². The van der Waals surface area contributed by atoms with Crippen LogP contribution in [0, 0.1) is 0 Å². The van der Waals surface area contributed by atoms with E-state index in [1.807, 2.05) is 37.3 Å². The molecule has 1 aromatic heterocycles. The van der Waals surface area contributed by atoms with Gasteiger partial charge >= 0.3 is 0 Å². The molecule has 2 N–H and O–H groups in total. The number of hydrogen-bond acceptors (Lipinski definition) is 5. The van der Waals surface area contributed by atoms with Crippen molar-refractivity contribution in [2.24, 2.45) is 5.73 Å². The normalized spacial score (nSPS) is 12.3. The van der Waals surface area contributed by atoms with Crippen LogP contribution in [0.3, 0.4) is 0 Å². The van der Waals surface area contributed by atoms with Crippen LogP contribution in [-0.2, 0) is 4.79 Å². The Morgan fingerprint density at radius 2 is 2.17 bits per heavy atom. The minimum Gasteiger partial charge on any atom is -0.369 e. The molecule has 0 fully saturated rings. The first kappa shape index (κ1) is 12.6. The van der Waals surface area contributed by atoms with Crippen LogP contribution >= 0.6 is 11.8 Å². The number of nitrogens with two attached hydrogens (primary N) is 1. The highest BCUT2D eigenvalue weighted by atomic mass is 32.2. The molecule has 1 heterocycles. The second kappa shape index (κ2) is 5.63. The zero-order chi connectivity index (χ0) is 13.0. The molecule has 0 radical (unpaired) electrons. The first-order chi connectivity index (χ1) is 8.72. The minimum atomic E-state index is -0.356. The van der Waals surface area contributed by atoms with Gasteiger partial charge in [0.05, 0.1) is 10.9 Å². The van der Waals surface area contributed by atoms with Crippen molar-refractivity contribution in [2.75, 3.05) is 0 Å². The monoisotopic (exact) mass is 263 g/mol. The molecule has 6 nitrogen and oxygen atoms in total. The summed E-state index contributed by atoms with van der Waals surface area (Å²) >= 11 is 1.28. The van der Waals surface area contributed by atoms with Crippen molar-refractivity contribution >= 4 is 17.7 Å². The number of carbonyl (C=O) groups excluding carboxylic acids is 1. The number of hydrogen-bond donors (Lipinski definition) is 1. The van der Waals surface area contributed by atoms with E-state index in [0.29, 0.717) is 11.6 Å². The summed E-state index contributed by atoms with van der Waals surface area (Å²) in [4.78, 5) is 11.2. The zero-order valence-electron chi connectivity index (χ0n) is 9.85. The van der Waals surface area contributed by atoms with E-state index in [1.165, 1.54) is 11.8 Å². The Balaban J connectivity index is 2.26. The van der Waals surface area contributed by atoms with Gasteiger partial charge in [-0.1, -0.05) is 36.9 Å². The van der Waals surface area contributed by atoms with Gasteiger partial charge in [0, 0.05) is 0 Å². The topological polar surface area (TPSA) is 86.7 Å². The third-order valence-corrected chi connectivity index (χ3v) is 3.69. The Morgan fingerprint density at radius 3 is 2.78 bits per heavy atom. The molecule has 18 heavy (non-hydrogen) atoms. The molecule has 1 unspecified atom stereocenters. The highest BCUT2D eigenvalue weighted by molar-refractivity contribution is 8.00. The fourth-order valence-corrected chi connectivity index (χ4v) is 2.32. The van der Waals surface area contributed by atoms with Crippen LogP contribution in [-0.4, -0.2) is 31.4 Å². The largest absolute Gasteiger partial charge is 0.369 e. The zero-order valence-corrected chi connectivity index (χ0v) is 10.7. The van der Waals surface area contributed by atoms with Gasteiger partial charge in [-0.15, -0.1) is 5.10 Å². The predicted octanol–water partition coefficient (Wildman–Crippen LogP) is 1.02. The minimum absolute atomic E-state index is 0.321. The summed E-state index contributed by atoms with van der Waals surface area (Å²) in [5.74, 6) is -0.356. The van der Waals surface area contributed by atoms with Crippen molar-refractivity contribution in [3.8, 4) is 5.69 Å². The Kier molecular flexibility index (Phi) is 3.93. The molecule has 2 rings (SSSR count). The fraction of sp³-hybridized carbons (Fsp3) is 0.273. The van der Waals surface area contributed by atoms with Crippen molar-refractivity contribution in [1.82, 2.24) is 20.2 Å². The highest BCUT2D eigenvalue weighted by Crippen LogP contribution is 2.24. The highest BCUT2D eigenvalue weighted by Gasteiger charge is 2.19. The van der Waals surface area contributed by atoms with Crippen molar-refractivity contribution in [3.05, 3.63) is 30.3 Å². The van der Waals surface area contributed by atoms with Crippen molar-refractivity contribution < 1.29 is 4.79 Å². The third kappa shape index (κ3) is 2.67. The molecule has 0 saturated heterocycles. The van der Waals surface area contributed by atoms with Gasteiger partial charge in [-0.2, -0.15) is 4.68 Å². The molecule has 0 saturated carbocycles. The third-order valence-electron chi connectivity index (χ3n) is 2.38. The molecule has 94 valence electrons. The molecule has 0 spiro atoms. The molecule has 0 aliphatic heterocycles. The quantitative estimate of drug-likeness (QED) is 0.814. The summed E-state index contributed by atoms with van der Waals surface area (Å²) in [7, 11) is 0. The van der Waals surface area contributed by atoms with Crippen molar-refractivity contribution in [1.29, 1.82) is 0 Å². The Morgan fingerprint density at radius 1 is 1.44 bits per heavy atom. The number of primary amides is 1. The number of nitrogens with zero attached hydrogens (tertiary/aromatic N) is 4. The Bertz CT molecular complexity index is 527. The summed E-state index contributed by atoms with van der Waals surface area (Å²) in [5.41, 5.74) is 6.17. The first-order valence-corrected chi connectivity index (χ1v) is 6.40. The van der Waals surface area contributed by atoms with Crippen LogP contribution < -0.4 is 5.73 Å². The van der Waals surface area contributed by atoms with E-state index in [0.717, 1.165) is 5.69 Å². The second-order valence-electron chi connectivity index (χ2n) is 3.63. The van der Waals surface area contributed by atoms with Crippen LogP contribution in [0.1, 0.15) is 13.3 Å². The second-order valence-corrected chi connectivity index (χ2v) is 4.80. The lowest BCUT2D eigenvalue weighted by Crippen LogP contribution is -2.25.